The number of phenolic OH excluding ortho intramolecular Hbond substituents is 1. The number of rotatable bonds is 6. The van der Waals surface area contributed by atoms with Crippen LogP contribution < -0.4 is 5.32 Å². The summed E-state index contributed by atoms with van der Waals surface area (Å²) in [4.78, 5) is 14.0. The second kappa shape index (κ2) is 8.39. The van der Waals surface area contributed by atoms with Crippen LogP contribution in [0.4, 0.5) is 4.79 Å². The van der Waals surface area contributed by atoms with Gasteiger partial charge in [0.1, 0.15) is 5.75 Å². The second-order valence-electron chi connectivity index (χ2n) is 6.34. The first-order valence-electron chi connectivity index (χ1n) is 8.29. The standard InChI is InChI=1S/C20H26N2O2/c1-15-6-4-5-7-18(15)14-22(3)20(24)21-16(2)8-9-17-10-12-19(23)13-11-17/h4-7,10-13,16,23H,8-9,14H2,1-3H3,(H,21,24). The summed E-state index contributed by atoms with van der Waals surface area (Å²) in [5.41, 5.74) is 3.51. The lowest BCUT2D eigenvalue weighted by Crippen LogP contribution is -2.41. The van der Waals surface area contributed by atoms with Crippen molar-refractivity contribution in [3.63, 3.8) is 0 Å². The van der Waals surface area contributed by atoms with Gasteiger partial charge in [-0.25, -0.2) is 4.79 Å². The number of phenols is 1. The molecule has 2 rings (SSSR count). The second-order valence-corrected chi connectivity index (χ2v) is 6.34. The normalized spacial score (nSPS) is 11.8. The fourth-order valence-corrected chi connectivity index (χ4v) is 2.55. The molecule has 2 aromatic carbocycles. The average molecular weight is 326 g/mol. The number of amides is 2. The molecule has 0 radical (unpaired) electrons. The topological polar surface area (TPSA) is 52.6 Å². The first-order valence-corrected chi connectivity index (χ1v) is 8.29. The third kappa shape index (κ3) is 5.30. The molecule has 0 spiro atoms. The molecule has 2 N–H and O–H groups in total. The molecule has 4 nitrogen and oxygen atoms in total. The molecule has 128 valence electrons. The average Bonchev–Trinajstić information content (AvgIpc) is 2.56. The monoisotopic (exact) mass is 326 g/mol. The molecule has 0 aliphatic heterocycles. The summed E-state index contributed by atoms with van der Waals surface area (Å²) in [6, 6.07) is 15.3. The van der Waals surface area contributed by atoms with Crippen LogP contribution in [0.15, 0.2) is 48.5 Å². The van der Waals surface area contributed by atoms with Gasteiger partial charge in [-0.3, -0.25) is 0 Å². The van der Waals surface area contributed by atoms with Crippen LogP contribution in [0.1, 0.15) is 30.0 Å². The lowest BCUT2D eigenvalue weighted by atomic mass is 10.1. The number of aryl methyl sites for hydroxylation is 2. The first-order chi connectivity index (χ1) is 11.5. The third-order valence-electron chi connectivity index (χ3n) is 4.19. The van der Waals surface area contributed by atoms with Gasteiger partial charge >= 0.3 is 6.03 Å². The van der Waals surface area contributed by atoms with Crippen molar-refractivity contribution < 1.29 is 9.90 Å². The summed E-state index contributed by atoms with van der Waals surface area (Å²) >= 11 is 0. The molecule has 4 heteroatoms. The van der Waals surface area contributed by atoms with Crippen LogP contribution in [0, 0.1) is 6.92 Å². The molecule has 0 fully saturated rings. The molecule has 0 saturated heterocycles. The van der Waals surface area contributed by atoms with Gasteiger partial charge in [0, 0.05) is 19.6 Å². The molecule has 1 unspecified atom stereocenters. The van der Waals surface area contributed by atoms with E-state index in [1.807, 2.05) is 44.3 Å². The van der Waals surface area contributed by atoms with Crippen molar-refractivity contribution in [3.8, 4) is 5.75 Å². The Morgan fingerprint density at radius 2 is 1.83 bits per heavy atom. The van der Waals surface area contributed by atoms with E-state index in [0.717, 1.165) is 24.0 Å². The van der Waals surface area contributed by atoms with E-state index in [1.165, 1.54) is 5.56 Å². The molecule has 24 heavy (non-hydrogen) atoms. The van der Waals surface area contributed by atoms with Crippen LogP contribution in [0.2, 0.25) is 0 Å². The van der Waals surface area contributed by atoms with Gasteiger partial charge < -0.3 is 15.3 Å². The Morgan fingerprint density at radius 1 is 1.17 bits per heavy atom. The van der Waals surface area contributed by atoms with E-state index >= 15 is 0 Å². The zero-order chi connectivity index (χ0) is 17.5. The van der Waals surface area contributed by atoms with Gasteiger partial charge in [0.05, 0.1) is 0 Å². The van der Waals surface area contributed by atoms with E-state index in [4.69, 9.17) is 0 Å². The zero-order valence-electron chi connectivity index (χ0n) is 14.6. The highest BCUT2D eigenvalue weighted by Gasteiger charge is 2.13. The summed E-state index contributed by atoms with van der Waals surface area (Å²) in [6.45, 7) is 4.67. The fourth-order valence-electron chi connectivity index (χ4n) is 2.55. The van der Waals surface area contributed by atoms with Gasteiger partial charge in [0.2, 0.25) is 0 Å². The number of carbonyl (C=O) groups is 1. The number of nitrogens with zero attached hydrogens (tertiary/aromatic N) is 1. The van der Waals surface area contributed by atoms with Crippen molar-refractivity contribution in [2.24, 2.45) is 0 Å². The molecule has 0 saturated carbocycles. The smallest absolute Gasteiger partial charge is 0.317 e. The van der Waals surface area contributed by atoms with Crippen molar-refractivity contribution in [3.05, 3.63) is 65.2 Å². The highest BCUT2D eigenvalue weighted by Crippen LogP contribution is 2.12. The number of hydrogen-bond donors (Lipinski definition) is 2. The number of benzene rings is 2. The Hall–Kier alpha value is -2.49. The van der Waals surface area contributed by atoms with Crippen molar-refractivity contribution in [2.75, 3.05) is 7.05 Å². The highest BCUT2D eigenvalue weighted by atomic mass is 16.3. The molecule has 0 aliphatic rings. The van der Waals surface area contributed by atoms with Crippen LogP contribution in [-0.4, -0.2) is 29.1 Å². The summed E-state index contributed by atoms with van der Waals surface area (Å²) < 4.78 is 0. The van der Waals surface area contributed by atoms with Gasteiger partial charge in [0.15, 0.2) is 0 Å². The number of urea groups is 1. The lowest BCUT2D eigenvalue weighted by molar-refractivity contribution is 0.203. The van der Waals surface area contributed by atoms with Crippen LogP contribution in [0.5, 0.6) is 5.75 Å². The molecular formula is C20H26N2O2. The number of nitrogens with one attached hydrogen (secondary N) is 1. The Kier molecular flexibility index (Phi) is 6.24. The SMILES string of the molecule is Cc1ccccc1CN(C)C(=O)NC(C)CCc1ccc(O)cc1. The molecule has 0 bridgehead atoms. The number of carbonyl (C=O) groups excluding carboxylic acids is 1. The summed E-state index contributed by atoms with van der Waals surface area (Å²) in [5.74, 6) is 0.276. The van der Waals surface area contributed by atoms with E-state index < -0.39 is 0 Å². The van der Waals surface area contributed by atoms with Crippen LogP contribution in [-0.2, 0) is 13.0 Å². The maximum Gasteiger partial charge on any atom is 0.317 e. The lowest BCUT2D eigenvalue weighted by Gasteiger charge is -2.22. The Balaban J connectivity index is 1.80. The predicted molar refractivity (Wildman–Crippen MR) is 97.1 cm³/mol. The number of hydrogen-bond acceptors (Lipinski definition) is 2. The minimum Gasteiger partial charge on any atom is -0.508 e. The molecule has 2 aromatic rings. The van der Waals surface area contributed by atoms with Gasteiger partial charge in [-0.15, -0.1) is 0 Å². The summed E-state index contributed by atoms with van der Waals surface area (Å²) in [7, 11) is 1.81. The zero-order valence-corrected chi connectivity index (χ0v) is 14.6. The quantitative estimate of drug-likeness (QED) is 0.847. The highest BCUT2D eigenvalue weighted by molar-refractivity contribution is 5.74. The van der Waals surface area contributed by atoms with Crippen molar-refractivity contribution in [2.45, 2.75) is 39.3 Å². The molecule has 2 amide bonds. The molecular weight excluding hydrogens is 300 g/mol. The van der Waals surface area contributed by atoms with E-state index in [9.17, 15) is 9.90 Å². The minimum atomic E-state index is -0.0588. The Labute approximate surface area is 144 Å². The molecule has 0 aromatic heterocycles. The van der Waals surface area contributed by atoms with Crippen molar-refractivity contribution >= 4 is 6.03 Å². The minimum absolute atomic E-state index is 0.0588. The summed E-state index contributed by atoms with van der Waals surface area (Å²) in [5, 5.41) is 12.3. The summed E-state index contributed by atoms with van der Waals surface area (Å²) in [6.07, 6.45) is 1.72. The van der Waals surface area contributed by atoms with E-state index in [-0.39, 0.29) is 17.8 Å². The van der Waals surface area contributed by atoms with Crippen molar-refractivity contribution in [1.82, 2.24) is 10.2 Å². The van der Waals surface area contributed by atoms with E-state index in [0.29, 0.717) is 6.54 Å². The largest absolute Gasteiger partial charge is 0.508 e. The Morgan fingerprint density at radius 3 is 2.50 bits per heavy atom. The van der Waals surface area contributed by atoms with Crippen molar-refractivity contribution in [1.29, 1.82) is 0 Å². The molecule has 0 heterocycles. The van der Waals surface area contributed by atoms with E-state index in [1.54, 1.807) is 17.0 Å². The molecule has 1 atom stereocenters. The van der Waals surface area contributed by atoms with Gasteiger partial charge in [-0.2, -0.15) is 0 Å². The van der Waals surface area contributed by atoms with Gasteiger partial charge in [-0.05, 0) is 55.5 Å². The number of aromatic hydroxyl groups is 1. The maximum absolute atomic E-state index is 12.3. The molecule has 0 aliphatic carbocycles. The van der Waals surface area contributed by atoms with Gasteiger partial charge in [-0.1, -0.05) is 36.4 Å². The maximum atomic E-state index is 12.3. The fraction of sp³-hybridized carbons (Fsp3) is 0.350. The Bertz CT molecular complexity index is 668. The van der Waals surface area contributed by atoms with E-state index in [2.05, 4.69) is 18.3 Å². The van der Waals surface area contributed by atoms with Crippen LogP contribution in [0.3, 0.4) is 0 Å². The van der Waals surface area contributed by atoms with Crippen LogP contribution >= 0.6 is 0 Å². The first kappa shape index (κ1) is 17.9. The third-order valence-corrected chi connectivity index (χ3v) is 4.19. The predicted octanol–water partition coefficient (Wildman–Crippen LogP) is 3.86. The van der Waals surface area contributed by atoms with Gasteiger partial charge in [0.25, 0.3) is 0 Å². The van der Waals surface area contributed by atoms with Crippen LogP contribution in [0.25, 0.3) is 0 Å².